The van der Waals surface area contributed by atoms with Gasteiger partial charge in [0.15, 0.2) is 0 Å². The maximum atomic E-state index is 12.2. The number of hydrogen-bond donors (Lipinski definition) is 2. The van der Waals surface area contributed by atoms with Crippen molar-refractivity contribution in [2.45, 2.75) is 45.1 Å². The van der Waals surface area contributed by atoms with E-state index in [1.54, 1.807) is 0 Å². The first-order chi connectivity index (χ1) is 10.1. The van der Waals surface area contributed by atoms with E-state index >= 15 is 0 Å². The van der Waals surface area contributed by atoms with Crippen molar-refractivity contribution in [3.05, 3.63) is 0 Å². The molecule has 2 rings (SSSR count). The van der Waals surface area contributed by atoms with Gasteiger partial charge in [0.2, 0.25) is 5.91 Å². The number of amides is 1. The van der Waals surface area contributed by atoms with Crippen LogP contribution < -0.4 is 10.6 Å². The second-order valence-corrected chi connectivity index (χ2v) is 6.68. The summed E-state index contributed by atoms with van der Waals surface area (Å²) in [6.07, 6.45) is 4.57. The number of likely N-dealkylation sites (N-methyl/N-ethyl adjacent to an activating group) is 1. The number of hydrogen-bond acceptors (Lipinski definition) is 4. The third-order valence-corrected chi connectivity index (χ3v) is 4.75. The second-order valence-electron chi connectivity index (χ2n) is 6.68. The van der Waals surface area contributed by atoms with Gasteiger partial charge in [0.1, 0.15) is 5.54 Å². The SMILES string of the molecule is CCN(CC(=O)NC(C)(C#N)C1CC1)CC1CCCNC1. The molecule has 0 aromatic heterocycles. The van der Waals surface area contributed by atoms with Gasteiger partial charge in [0.05, 0.1) is 12.6 Å². The summed E-state index contributed by atoms with van der Waals surface area (Å²) in [5.74, 6) is 0.956. The van der Waals surface area contributed by atoms with Crippen molar-refractivity contribution in [2.75, 3.05) is 32.7 Å². The van der Waals surface area contributed by atoms with E-state index in [1.807, 2.05) is 6.92 Å². The molecule has 1 aliphatic carbocycles. The van der Waals surface area contributed by atoms with Crippen LogP contribution in [0.5, 0.6) is 0 Å². The third-order valence-electron chi connectivity index (χ3n) is 4.75. The molecule has 1 saturated carbocycles. The van der Waals surface area contributed by atoms with Gasteiger partial charge in [-0.25, -0.2) is 0 Å². The molecule has 1 heterocycles. The van der Waals surface area contributed by atoms with Crippen LogP contribution in [0.15, 0.2) is 0 Å². The second kappa shape index (κ2) is 7.24. The Labute approximate surface area is 128 Å². The van der Waals surface area contributed by atoms with Gasteiger partial charge in [-0.15, -0.1) is 0 Å². The van der Waals surface area contributed by atoms with Crippen LogP contribution >= 0.6 is 0 Å². The summed E-state index contributed by atoms with van der Waals surface area (Å²) in [5, 5.41) is 15.7. The maximum absolute atomic E-state index is 12.2. The van der Waals surface area contributed by atoms with Gasteiger partial charge in [-0.2, -0.15) is 5.26 Å². The summed E-state index contributed by atoms with van der Waals surface area (Å²) < 4.78 is 0. The standard InChI is InChI=1S/C16H28N4O/c1-3-20(10-13-5-4-8-18-9-13)11-15(21)19-16(2,12-17)14-6-7-14/h13-14,18H,3-11H2,1-2H3,(H,19,21). The summed E-state index contributed by atoms with van der Waals surface area (Å²) >= 11 is 0. The predicted octanol–water partition coefficient (Wildman–Crippen LogP) is 1.12. The molecule has 0 aromatic rings. The molecular weight excluding hydrogens is 264 g/mol. The number of rotatable bonds is 7. The Bertz CT molecular complexity index is 396. The van der Waals surface area contributed by atoms with Crippen molar-refractivity contribution in [1.29, 1.82) is 5.26 Å². The summed E-state index contributed by atoms with van der Waals surface area (Å²) in [4.78, 5) is 14.4. The van der Waals surface area contributed by atoms with Crippen molar-refractivity contribution < 1.29 is 4.79 Å². The third kappa shape index (κ3) is 4.69. The molecule has 2 aliphatic rings. The van der Waals surface area contributed by atoms with Crippen LogP contribution in [0.4, 0.5) is 0 Å². The molecule has 2 fully saturated rings. The van der Waals surface area contributed by atoms with E-state index < -0.39 is 5.54 Å². The van der Waals surface area contributed by atoms with Gasteiger partial charge in [-0.3, -0.25) is 9.69 Å². The Morgan fingerprint density at radius 2 is 2.24 bits per heavy atom. The number of nitrogens with one attached hydrogen (secondary N) is 2. The van der Waals surface area contributed by atoms with Crippen molar-refractivity contribution in [3.8, 4) is 6.07 Å². The van der Waals surface area contributed by atoms with E-state index in [9.17, 15) is 10.1 Å². The molecule has 0 spiro atoms. The molecule has 0 radical (unpaired) electrons. The number of carbonyl (C=O) groups excluding carboxylic acids is 1. The summed E-state index contributed by atoms with van der Waals surface area (Å²) in [6, 6.07) is 2.28. The molecule has 118 valence electrons. The average Bonchev–Trinajstić information content (AvgIpc) is 3.32. The number of carbonyl (C=O) groups is 1. The normalized spacial score (nSPS) is 25.1. The molecule has 0 bridgehead atoms. The maximum Gasteiger partial charge on any atom is 0.235 e. The van der Waals surface area contributed by atoms with Crippen molar-refractivity contribution in [2.24, 2.45) is 11.8 Å². The van der Waals surface area contributed by atoms with Crippen molar-refractivity contribution >= 4 is 5.91 Å². The molecule has 21 heavy (non-hydrogen) atoms. The van der Waals surface area contributed by atoms with E-state index in [2.05, 4.69) is 28.5 Å². The topological polar surface area (TPSA) is 68.2 Å². The minimum absolute atomic E-state index is 0.0171. The predicted molar refractivity (Wildman–Crippen MR) is 82.6 cm³/mol. The number of nitriles is 1. The van der Waals surface area contributed by atoms with E-state index in [4.69, 9.17) is 0 Å². The zero-order valence-corrected chi connectivity index (χ0v) is 13.3. The van der Waals surface area contributed by atoms with Crippen molar-refractivity contribution in [1.82, 2.24) is 15.5 Å². The molecule has 1 aliphatic heterocycles. The van der Waals surface area contributed by atoms with E-state index in [0.717, 1.165) is 39.0 Å². The van der Waals surface area contributed by atoms with E-state index in [0.29, 0.717) is 18.4 Å². The molecule has 1 amide bonds. The summed E-state index contributed by atoms with van der Waals surface area (Å²) in [5.41, 5.74) is -0.678. The van der Waals surface area contributed by atoms with Crippen molar-refractivity contribution in [3.63, 3.8) is 0 Å². The lowest BCUT2D eigenvalue weighted by Crippen LogP contribution is -2.51. The monoisotopic (exact) mass is 292 g/mol. The fourth-order valence-electron chi connectivity index (χ4n) is 3.16. The Morgan fingerprint density at radius 1 is 1.48 bits per heavy atom. The quantitative estimate of drug-likeness (QED) is 0.738. The molecule has 5 nitrogen and oxygen atoms in total. The Balaban J connectivity index is 1.80. The molecule has 1 saturated heterocycles. The van der Waals surface area contributed by atoms with Crippen LogP contribution in [0.1, 0.15) is 39.5 Å². The minimum atomic E-state index is -0.678. The number of piperidine rings is 1. The van der Waals surface area contributed by atoms with Crippen LogP contribution in [-0.4, -0.2) is 49.1 Å². The van der Waals surface area contributed by atoms with E-state index in [-0.39, 0.29) is 5.91 Å². The summed E-state index contributed by atoms with van der Waals surface area (Å²) in [7, 11) is 0. The molecule has 0 aromatic carbocycles. The molecule has 2 N–H and O–H groups in total. The smallest absolute Gasteiger partial charge is 0.235 e. The van der Waals surface area contributed by atoms with E-state index in [1.165, 1.54) is 12.8 Å². The van der Waals surface area contributed by atoms with Gasteiger partial charge in [0.25, 0.3) is 0 Å². The lowest BCUT2D eigenvalue weighted by Gasteiger charge is -2.30. The fourth-order valence-corrected chi connectivity index (χ4v) is 3.16. The van der Waals surface area contributed by atoms with Gasteiger partial charge in [-0.05, 0) is 64.1 Å². The highest BCUT2D eigenvalue weighted by Gasteiger charge is 2.43. The zero-order valence-electron chi connectivity index (χ0n) is 13.3. The molecular formula is C16H28N4O. The van der Waals surface area contributed by atoms with Gasteiger partial charge in [0, 0.05) is 6.54 Å². The van der Waals surface area contributed by atoms with Crippen LogP contribution in [0, 0.1) is 23.2 Å². The fraction of sp³-hybridized carbons (Fsp3) is 0.875. The Kier molecular flexibility index (Phi) is 5.60. The highest BCUT2D eigenvalue weighted by molar-refractivity contribution is 5.79. The highest BCUT2D eigenvalue weighted by Crippen LogP contribution is 2.39. The molecule has 2 atom stereocenters. The first kappa shape index (κ1) is 16.3. The zero-order chi connectivity index (χ0) is 15.3. The van der Waals surface area contributed by atoms with Crippen LogP contribution in [0.2, 0.25) is 0 Å². The average molecular weight is 292 g/mol. The lowest BCUT2D eigenvalue weighted by molar-refractivity contribution is -0.123. The first-order valence-electron chi connectivity index (χ1n) is 8.22. The Morgan fingerprint density at radius 3 is 2.76 bits per heavy atom. The summed E-state index contributed by atoms with van der Waals surface area (Å²) in [6.45, 7) is 8.34. The lowest BCUT2D eigenvalue weighted by atomic mass is 9.97. The first-order valence-corrected chi connectivity index (χ1v) is 8.22. The molecule has 2 unspecified atom stereocenters. The van der Waals surface area contributed by atoms with Crippen LogP contribution in [0.3, 0.4) is 0 Å². The number of nitrogens with zero attached hydrogens (tertiary/aromatic N) is 2. The Hall–Kier alpha value is -1.12. The van der Waals surface area contributed by atoms with Gasteiger partial charge < -0.3 is 10.6 Å². The van der Waals surface area contributed by atoms with Crippen LogP contribution in [0.25, 0.3) is 0 Å². The minimum Gasteiger partial charge on any atom is -0.337 e. The highest BCUT2D eigenvalue weighted by atomic mass is 16.2. The molecule has 5 heteroatoms. The van der Waals surface area contributed by atoms with Crippen LogP contribution in [-0.2, 0) is 4.79 Å². The largest absolute Gasteiger partial charge is 0.337 e. The van der Waals surface area contributed by atoms with Gasteiger partial charge >= 0.3 is 0 Å². The van der Waals surface area contributed by atoms with Gasteiger partial charge in [-0.1, -0.05) is 6.92 Å².